The molecule has 0 bridgehead atoms. The van der Waals surface area contributed by atoms with Gasteiger partial charge in [0.15, 0.2) is 0 Å². The third-order valence-corrected chi connectivity index (χ3v) is 4.85. The first kappa shape index (κ1) is 12.8. The van der Waals surface area contributed by atoms with Crippen LogP contribution in [0.15, 0.2) is 24.3 Å². The Morgan fingerprint density at radius 1 is 1.42 bits per heavy atom. The van der Waals surface area contributed by atoms with E-state index in [0.717, 1.165) is 30.4 Å². The Hall–Kier alpha value is -1.19. The molecule has 2 fully saturated rings. The minimum Gasteiger partial charge on any atom is -0.319 e. The van der Waals surface area contributed by atoms with E-state index in [-0.39, 0.29) is 0 Å². The smallest absolute Gasteiger partial charge is 0.150 e. The second-order valence-corrected chi connectivity index (χ2v) is 5.96. The van der Waals surface area contributed by atoms with Gasteiger partial charge in [0.05, 0.1) is 0 Å². The molecule has 5 atom stereocenters. The van der Waals surface area contributed by atoms with Gasteiger partial charge in [0.1, 0.15) is 6.29 Å². The molecule has 102 valence electrons. The lowest BCUT2D eigenvalue weighted by atomic mass is 9.88. The van der Waals surface area contributed by atoms with E-state index in [4.69, 9.17) is 0 Å². The molecule has 0 radical (unpaired) electrons. The van der Waals surface area contributed by atoms with Crippen molar-refractivity contribution in [2.45, 2.75) is 31.3 Å². The van der Waals surface area contributed by atoms with Crippen molar-refractivity contribution in [3.8, 4) is 0 Å². The van der Waals surface area contributed by atoms with Gasteiger partial charge in [-0.3, -0.25) is 9.69 Å². The van der Waals surface area contributed by atoms with Gasteiger partial charge in [0.25, 0.3) is 0 Å². The van der Waals surface area contributed by atoms with Gasteiger partial charge in [0, 0.05) is 24.2 Å². The molecule has 3 nitrogen and oxygen atoms in total. The fourth-order valence-corrected chi connectivity index (χ4v) is 3.65. The Bertz CT molecular complexity index is 456. The standard InChI is InChI=1S/C16H22N2O/c1-11(13-5-3-12(10-19)4-6-13)15-7-14(8-17-2)16-9-18(15)16/h3-6,10-11,14-17H,7-9H2,1-2H3. The van der Waals surface area contributed by atoms with E-state index in [0.29, 0.717) is 12.0 Å². The number of nitrogens with one attached hydrogen (secondary N) is 1. The molecular weight excluding hydrogens is 236 g/mol. The lowest BCUT2D eigenvalue weighted by Gasteiger charge is -2.23. The van der Waals surface area contributed by atoms with Crippen LogP contribution in [0.5, 0.6) is 0 Å². The average molecular weight is 258 g/mol. The molecular formula is C16H22N2O. The fraction of sp³-hybridized carbons (Fsp3) is 0.562. The highest BCUT2D eigenvalue weighted by Crippen LogP contribution is 2.45. The van der Waals surface area contributed by atoms with Crippen LogP contribution in [0.3, 0.4) is 0 Å². The van der Waals surface area contributed by atoms with Crippen LogP contribution in [0.4, 0.5) is 0 Å². The summed E-state index contributed by atoms with van der Waals surface area (Å²) in [4.78, 5) is 13.3. The molecule has 2 aliphatic rings. The predicted octanol–water partition coefficient (Wildman–Crippen LogP) is 1.89. The van der Waals surface area contributed by atoms with Gasteiger partial charge in [-0.05, 0) is 37.4 Å². The van der Waals surface area contributed by atoms with Gasteiger partial charge in [-0.15, -0.1) is 0 Å². The van der Waals surface area contributed by atoms with Crippen molar-refractivity contribution in [2.75, 3.05) is 20.1 Å². The van der Waals surface area contributed by atoms with Crippen LogP contribution in [-0.2, 0) is 0 Å². The van der Waals surface area contributed by atoms with Crippen molar-refractivity contribution in [1.82, 2.24) is 10.2 Å². The summed E-state index contributed by atoms with van der Waals surface area (Å²) in [5.74, 6) is 1.36. The number of rotatable bonds is 5. The third-order valence-electron chi connectivity index (χ3n) is 4.85. The molecule has 0 aromatic heterocycles. The minimum absolute atomic E-state index is 0.549. The molecule has 1 aromatic rings. The minimum atomic E-state index is 0.549. The summed E-state index contributed by atoms with van der Waals surface area (Å²) in [6.07, 6.45) is 2.20. The first-order chi connectivity index (χ1) is 9.24. The number of aldehydes is 1. The number of hydrogen-bond acceptors (Lipinski definition) is 3. The van der Waals surface area contributed by atoms with Crippen molar-refractivity contribution >= 4 is 6.29 Å². The molecule has 3 rings (SSSR count). The van der Waals surface area contributed by atoms with Crippen molar-refractivity contribution in [2.24, 2.45) is 5.92 Å². The Morgan fingerprint density at radius 3 is 2.79 bits per heavy atom. The Morgan fingerprint density at radius 2 is 2.16 bits per heavy atom. The highest BCUT2D eigenvalue weighted by molar-refractivity contribution is 5.74. The van der Waals surface area contributed by atoms with Crippen LogP contribution in [0.25, 0.3) is 0 Å². The van der Waals surface area contributed by atoms with Crippen molar-refractivity contribution in [1.29, 1.82) is 0 Å². The molecule has 2 aliphatic heterocycles. The van der Waals surface area contributed by atoms with Crippen LogP contribution >= 0.6 is 0 Å². The molecule has 5 unspecified atom stereocenters. The number of piperidine rings is 1. The summed E-state index contributed by atoms with van der Waals surface area (Å²) in [6, 6.07) is 9.56. The van der Waals surface area contributed by atoms with Gasteiger partial charge < -0.3 is 5.32 Å². The largest absolute Gasteiger partial charge is 0.319 e. The van der Waals surface area contributed by atoms with Gasteiger partial charge in [-0.2, -0.15) is 0 Å². The van der Waals surface area contributed by atoms with E-state index >= 15 is 0 Å². The number of benzene rings is 1. The number of fused-ring (bicyclic) bond motifs is 1. The highest BCUT2D eigenvalue weighted by Gasteiger charge is 2.52. The monoisotopic (exact) mass is 258 g/mol. The van der Waals surface area contributed by atoms with E-state index in [9.17, 15) is 4.79 Å². The zero-order valence-corrected chi connectivity index (χ0v) is 11.7. The van der Waals surface area contributed by atoms with Gasteiger partial charge in [-0.1, -0.05) is 31.2 Å². The van der Waals surface area contributed by atoms with E-state index in [1.807, 2.05) is 19.2 Å². The SMILES string of the molecule is CNCC1CC(C(C)c2ccc(C=O)cc2)N2CC12. The van der Waals surface area contributed by atoms with E-state index in [1.54, 1.807) is 0 Å². The van der Waals surface area contributed by atoms with E-state index in [1.165, 1.54) is 18.5 Å². The maximum Gasteiger partial charge on any atom is 0.150 e. The Balaban J connectivity index is 1.70. The molecule has 0 amide bonds. The predicted molar refractivity (Wildman–Crippen MR) is 76.6 cm³/mol. The molecule has 0 spiro atoms. The Labute approximate surface area is 115 Å². The average Bonchev–Trinajstić information content (AvgIpc) is 3.16. The first-order valence-electron chi connectivity index (χ1n) is 7.20. The summed E-state index contributed by atoms with van der Waals surface area (Å²) in [5, 5.41) is 3.32. The number of carbonyl (C=O) groups excluding carboxylic acids is 1. The third kappa shape index (κ3) is 2.33. The molecule has 0 saturated carbocycles. The van der Waals surface area contributed by atoms with Crippen LogP contribution < -0.4 is 5.32 Å². The summed E-state index contributed by atoms with van der Waals surface area (Å²) < 4.78 is 0. The number of hydrogen-bond donors (Lipinski definition) is 1. The van der Waals surface area contributed by atoms with Gasteiger partial charge >= 0.3 is 0 Å². The maximum atomic E-state index is 10.7. The second kappa shape index (κ2) is 5.06. The van der Waals surface area contributed by atoms with Crippen LogP contribution in [0.2, 0.25) is 0 Å². The molecule has 2 heterocycles. The lowest BCUT2D eigenvalue weighted by molar-refractivity contribution is 0.112. The van der Waals surface area contributed by atoms with Crippen molar-refractivity contribution in [3.05, 3.63) is 35.4 Å². The summed E-state index contributed by atoms with van der Waals surface area (Å²) in [5.41, 5.74) is 2.12. The zero-order valence-electron chi connectivity index (χ0n) is 11.7. The highest BCUT2D eigenvalue weighted by atomic mass is 16.1. The van der Waals surface area contributed by atoms with E-state index in [2.05, 4.69) is 29.3 Å². The second-order valence-electron chi connectivity index (χ2n) is 5.96. The first-order valence-corrected chi connectivity index (χ1v) is 7.20. The molecule has 1 aromatic carbocycles. The van der Waals surface area contributed by atoms with Crippen LogP contribution in [-0.4, -0.2) is 43.4 Å². The van der Waals surface area contributed by atoms with Crippen molar-refractivity contribution in [3.63, 3.8) is 0 Å². The molecule has 3 heteroatoms. The van der Waals surface area contributed by atoms with Crippen molar-refractivity contribution < 1.29 is 4.79 Å². The number of nitrogens with zero attached hydrogens (tertiary/aromatic N) is 1. The van der Waals surface area contributed by atoms with Gasteiger partial charge in [0.2, 0.25) is 0 Å². The lowest BCUT2D eigenvalue weighted by Crippen LogP contribution is -2.25. The van der Waals surface area contributed by atoms with Gasteiger partial charge in [-0.25, -0.2) is 0 Å². The topological polar surface area (TPSA) is 32.1 Å². The summed E-state index contributed by atoms with van der Waals surface area (Å²) in [7, 11) is 2.04. The quantitative estimate of drug-likeness (QED) is 0.646. The molecule has 1 N–H and O–H groups in total. The molecule has 19 heavy (non-hydrogen) atoms. The maximum absolute atomic E-state index is 10.7. The van der Waals surface area contributed by atoms with E-state index < -0.39 is 0 Å². The molecule has 0 aliphatic carbocycles. The zero-order chi connectivity index (χ0) is 13.4. The van der Waals surface area contributed by atoms with Crippen LogP contribution in [0, 0.1) is 5.92 Å². The van der Waals surface area contributed by atoms with Crippen LogP contribution in [0.1, 0.15) is 35.2 Å². The Kier molecular flexibility index (Phi) is 3.42. The summed E-state index contributed by atoms with van der Waals surface area (Å²) >= 11 is 0. The fourth-order valence-electron chi connectivity index (χ4n) is 3.65. The normalized spacial score (nSPS) is 33.8. The summed E-state index contributed by atoms with van der Waals surface area (Å²) in [6.45, 7) is 4.72. The molecule has 2 saturated heterocycles. The number of carbonyl (C=O) groups is 1.